The molecule has 8 heteroatoms. The maximum absolute atomic E-state index is 13.7. The van der Waals surface area contributed by atoms with Crippen LogP contribution in [0.1, 0.15) is 35.6 Å². The highest BCUT2D eigenvalue weighted by atomic mass is 35.5. The van der Waals surface area contributed by atoms with Gasteiger partial charge in [0.1, 0.15) is 5.75 Å². The third-order valence-electron chi connectivity index (χ3n) is 6.22. The van der Waals surface area contributed by atoms with Crippen LogP contribution in [0.2, 0.25) is 5.02 Å². The zero-order valence-corrected chi connectivity index (χ0v) is 21.9. The fraction of sp³-hybridized carbons (Fsp3) is 0.267. The van der Waals surface area contributed by atoms with Gasteiger partial charge >= 0.3 is 0 Å². The van der Waals surface area contributed by atoms with E-state index in [2.05, 4.69) is 17.4 Å². The number of halogens is 1. The number of hydrogen-bond donors (Lipinski definition) is 3. The Hall–Kier alpha value is -3.65. The number of ether oxygens (including phenoxy) is 2. The number of rotatable bonds is 13. The third-order valence-corrected chi connectivity index (χ3v) is 6.45. The number of amides is 1. The van der Waals surface area contributed by atoms with Crippen LogP contribution in [0.15, 0.2) is 96.5 Å². The van der Waals surface area contributed by atoms with Gasteiger partial charge < -0.3 is 14.6 Å². The highest BCUT2D eigenvalue weighted by Gasteiger charge is 2.52. The Morgan fingerprint density at radius 1 is 1.13 bits per heavy atom. The van der Waals surface area contributed by atoms with E-state index in [-0.39, 0.29) is 18.9 Å². The van der Waals surface area contributed by atoms with Gasteiger partial charge in [-0.15, -0.1) is 6.58 Å². The SMILES string of the molecule is C=CC[C@]1(C(=O)NNCCc2cccc(Cl)c2)N=C(c2ccc(OCCCO)cc2)O[C@H]1c1ccccc1. The van der Waals surface area contributed by atoms with E-state index >= 15 is 0 Å². The van der Waals surface area contributed by atoms with E-state index < -0.39 is 11.6 Å². The van der Waals surface area contributed by atoms with Crippen molar-refractivity contribution in [3.05, 3.63) is 113 Å². The lowest BCUT2D eigenvalue weighted by Crippen LogP contribution is -2.52. The Morgan fingerprint density at radius 2 is 1.92 bits per heavy atom. The first-order valence-electron chi connectivity index (χ1n) is 12.6. The van der Waals surface area contributed by atoms with Crippen molar-refractivity contribution in [1.29, 1.82) is 0 Å². The number of aliphatic imine (C=N–C) groups is 1. The highest BCUT2D eigenvalue weighted by Crippen LogP contribution is 2.42. The van der Waals surface area contributed by atoms with Gasteiger partial charge in [-0.05, 0) is 53.9 Å². The molecule has 198 valence electrons. The number of carbonyl (C=O) groups excluding carboxylic acids is 1. The van der Waals surface area contributed by atoms with Crippen LogP contribution < -0.4 is 15.6 Å². The first kappa shape index (κ1) is 27.4. The first-order chi connectivity index (χ1) is 18.6. The summed E-state index contributed by atoms with van der Waals surface area (Å²) in [6, 6.07) is 24.6. The average molecular weight is 534 g/mol. The molecule has 0 saturated heterocycles. The number of hydrazine groups is 1. The number of nitrogens with zero attached hydrogens (tertiary/aromatic N) is 1. The lowest BCUT2D eigenvalue weighted by molar-refractivity contribution is -0.129. The summed E-state index contributed by atoms with van der Waals surface area (Å²) in [6.07, 6.45) is 2.57. The molecule has 0 aliphatic carbocycles. The molecule has 0 saturated carbocycles. The van der Waals surface area contributed by atoms with Crippen molar-refractivity contribution in [2.24, 2.45) is 4.99 Å². The van der Waals surface area contributed by atoms with Gasteiger partial charge in [-0.3, -0.25) is 10.2 Å². The van der Waals surface area contributed by atoms with Gasteiger partial charge in [-0.25, -0.2) is 10.4 Å². The second-order valence-corrected chi connectivity index (χ2v) is 9.39. The molecular weight excluding hydrogens is 502 g/mol. The Morgan fingerprint density at radius 3 is 2.63 bits per heavy atom. The summed E-state index contributed by atoms with van der Waals surface area (Å²) in [4.78, 5) is 18.6. The highest BCUT2D eigenvalue weighted by molar-refractivity contribution is 6.30. The molecule has 1 amide bonds. The number of aliphatic hydroxyl groups is 1. The molecule has 0 bridgehead atoms. The van der Waals surface area contributed by atoms with Crippen LogP contribution in [0, 0.1) is 0 Å². The molecular formula is C30H32ClN3O4. The zero-order chi connectivity index (χ0) is 26.8. The van der Waals surface area contributed by atoms with Crippen LogP contribution in [-0.2, 0) is 16.0 Å². The molecule has 1 heterocycles. The van der Waals surface area contributed by atoms with E-state index in [1.165, 1.54) is 0 Å². The minimum Gasteiger partial charge on any atom is -0.494 e. The average Bonchev–Trinajstić information content (AvgIpc) is 3.33. The second kappa shape index (κ2) is 13.2. The molecule has 3 N–H and O–H groups in total. The molecule has 4 rings (SSSR count). The summed E-state index contributed by atoms with van der Waals surface area (Å²) < 4.78 is 12.0. The van der Waals surface area contributed by atoms with Crippen molar-refractivity contribution >= 4 is 23.4 Å². The summed E-state index contributed by atoms with van der Waals surface area (Å²) in [5, 5.41) is 9.64. The largest absolute Gasteiger partial charge is 0.494 e. The van der Waals surface area contributed by atoms with Crippen molar-refractivity contribution in [1.82, 2.24) is 10.9 Å². The molecule has 0 radical (unpaired) electrons. The van der Waals surface area contributed by atoms with E-state index in [9.17, 15) is 4.79 Å². The summed E-state index contributed by atoms with van der Waals surface area (Å²) in [5.41, 5.74) is 7.26. The number of hydrogen-bond acceptors (Lipinski definition) is 6. The smallest absolute Gasteiger partial charge is 0.266 e. The van der Waals surface area contributed by atoms with Crippen molar-refractivity contribution in [3.63, 3.8) is 0 Å². The van der Waals surface area contributed by atoms with Gasteiger partial charge in [-0.1, -0.05) is 60.1 Å². The predicted octanol–water partition coefficient (Wildman–Crippen LogP) is 4.80. The minimum absolute atomic E-state index is 0.0759. The molecule has 1 aliphatic heterocycles. The number of benzene rings is 3. The fourth-order valence-corrected chi connectivity index (χ4v) is 4.53. The predicted molar refractivity (Wildman–Crippen MR) is 149 cm³/mol. The van der Waals surface area contributed by atoms with E-state index in [0.717, 1.165) is 16.7 Å². The van der Waals surface area contributed by atoms with Gasteiger partial charge in [-0.2, -0.15) is 0 Å². The van der Waals surface area contributed by atoms with Crippen molar-refractivity contribution in [3.8, 4) is 5.75 Å². The van der Waals surface area contributed by atoms with Crippen molar-refractivity contribution < 1.29 is 19.4 Å². The molecule has 0 spiro atoms. The van der Waals surface area contributed by atoms with Crippen LogP contribution in [0.5, 0.6) is 5.75 Å². The van der Waals surface area contributed by atoms with E-state index in [0.29, 0.717) is 42.7 Å². The van der Waals surface area contributed by atoms with Gasteiger partial charge in [0.15, 0.2) is 11.6 Å². The lowest BCUT2D eigenvalue weighted by Gasteiger charge is -2.29. The Kier molecular flexibility index (Phi) is 9.54. The number of nitrogens with one attached hydrogen (secondary N) is 2. The fourth-order valence-electron chi connectivity index (χ4n) is 4.31. The molecule has 7 nitrogen and oxygen atoms in total. The van der Waals surface area contributed by atoms with Crippen LogP contribution in [0.4, 0.5) is 0 Å². The second-order valence-electron chi connectivity index (χ2n) is 8.95. The Bertz CT molecular complexity index is 1250. The maximum Gasteiger partial charge on any atom is 0.266 e. The third kappa shape index (κ3) is 6.61. The van der Waals surface area contributed by atoms with E-state index in [4.69, 9.17) is 31.2 Å². The normalized spacial score (nSPS) is 18.4. The topological polar surface area (TPSA) is 92.2 Å². The summed E-state index contributed by atoms with van der Waals surface area (Å²) in [7, 11) is 0. The Labute approximate surface area is 228 Å². The summed E-state index contributed by atoms with van der Waals surface area (Å²) >= 11 is 6.08. The molecule has 38 heavy (non-hydrogen) atoms. The molecule has 3 aromatic rings. The van der Waals surface area contributed by atoms with Crippen LogP contribution >= 0.6 is 11.6 Å². The minimum atomic E-state index is -1.25. The molecule has 0 fully saturated rings. The molecule has 1 aliphatic rings. The van der Waals surface area contributed by atoms with Crippen LogP contribution in [0.25, 0.3) is 0 Å². The monoisotopic (exact) mass is 533 g/mol. The number of carbonyl (C=O) groups is 1. The van der Waals surface area contributed by atoms with Crippen LogP contribution in [0.3, 0.4) is 0 Å². The number of aliphatic hydroxyl groups excluding tert-OH is 1. The summed E-state index contributed by atoms with van der Waals surface area (Å²) in [5.74, 6) is 0.743. The molecule has 2 atom stereocenters. The Balaban J connectivity index is 1.54. The van der Waals surface area contributed by atoms with Gasteiger partial charge in [0.2, 0.25) is 5.90 Å². The first-order valence-corrected chi connectivity index (χ1v) is 13.0. The van der Waals surface area contributed by atoms with Gasteiger partial charge in [0.05, 0.1) is 6.61 Å². The van der Waals surface area contributed by atoms with Crippen molar-refractivity contribution in [2.75, 3.05) is 19.8 Å². The van der Waals surface area contributed by atoms with Gasteiger partial charge in [0.25, 0.3) is 5.91 Å². The standard InChI is InChI=1S/C30H32ClN3O4/c1-2-17-30(29(36)34-32-18-16-22-8-6-11-25(31)21-22)27(23-9-4-3-5-10-23)38-28(33-30)24-12-14-26(15-13-24)37-20-7-19-35/h2-6,8-15,21,27,32,35H,1,7,16-20H2,(H,34,36)/t27-,30-/m0/s1. The molecule has 3 aromatic carbocycles. The van der Waals surface area contributed by atoms with E-state index in [1.54, 1.807) is 6.08 Å². The lowest BCUT2D eigenvalue weighted by atomic mass is 9.84. The zero-order valence-electron chi connectivity index (χ0n) is 21.1. The van der Waals surface area contributed by atoms with Gasteiger partial charge in [0, 0.05) is 36.6 Å². The molecule has 0 aromatic heterocycles. The van der Waals surface area contributed by atoms with E-state index in [1.807, 2.05) is 78.9 Å². The quantitative estimate of drug-likeness (QED) is 0.167. The van der Waals surface area contributed by atoms with Crippen molar-refractivity contribution in [2.45, 2.75) is 30.9 Å². The maximum atomic E-state index is 13.7. The summed E-state index contributed by atoms with van der Waals surface area (Å²) in [6.45, 7) is 4.92. The van der Waals surface area contributed by atoms with Crippen LogP contribution in [-0.4, -0.2) is 42.2 Å². The molecule has 0 unspecified atom stereocenters.